The van der Waals surface area contributed by atoms with Crippen molar-refractivity contribution in [3.63, 3.8) is 0 Å². The fourth-order valence-corrected chi connectivity index (χ4v) is 6.09. The number of anilines is 1. The van der Waals surface area contributed by atoms with Crippen LogP contribution in [-0.4, -0.2) is 27.0 Å². The lowest BCUT2D eigenvalue weighted by Gasteiger charge is -2.10. The van der Waals surface area contributed by atoms with Crippen molar-refractivity contribution in [3.8, 4) is 5.75 Å². The van der Waals surface area contributed by atoms with E-state index in [4.69, 9.17) is 4.74 Å². The Kier molecular flexibility index (Phi) is 5.45. The predicted molar refractivity (Wildman–Crippen MR) is 125 cm³/mol. The van der Waals surface area contributed by atoms with Gasteiger partial charge in [-0.25, -0.2) is 9.97 Å². The second-order valence-corrected chi connectivity index (χ2v) is 9.63. The van der Waals surface area contributed by atoms with Gasteiger partial charge in [0.25, 0.3) is 5.56 Å². The molecular weight excluding hydrogens is 432 g/mol. The Morgan fingerprint density at radius 2 is 2.13 bits per heavy atom. The average molecular weight is 455 g/mol. The lowest BCUT2D eigenvalue weighted by atomic mass is 9.97. The van der Waals surface area contributed by atoms with Crippen LogP contribution in [0.3, 0.4) is 0 Å². The maximum Gasteiger partial charge on any atom is 0.262 e. The van der Waals surface area contributed by atoms with Crippen LogP contribution in [-0.2, 0) is 24.2 Å². The van der Waals surface area contributed by atoms with E-state index in [0.29, 0.717) is 11.7 Å². The Balaban J connectivity index is 1.29. The van der Waals surface area contributed by atoms with E-state index in [2.05, 4.69) is 15.3 Å². The highest BCUT2D eigenvalue weighted by atomic mass is 32.1. The normalized spacial score (nSPS) is 13.5. The van der Waals surface area contributed by atoms with Gasteiger partial charge in [0.2, 0.25) is 5.91 Å². The fraction of sp³-hybridized carbons (Fsp3) is 0.364. The number of fused-ring (bicyclic) bond motifs is 4. The third-order valence-electron chi connectivity index (χ3n) is 5.44. The molecule has 0 spiro atoms. The van der Waals surface area contributed by atoms with Crippen LogP contribution in [0, 0.1) is 0 Å². The third kappa shape index (κ3) is 3.95. The molecule has 1 aliphatic rings. The minimum atomic E-state index is -0.177. The summed E-state index contributed by atoms with van der Waals surface area (Å²) in [5, 5.41) is 4.14. The highest BCUT2D eigenvalue weighted by molar-refractivity contribution is 7.22. The number of hydrogen-bond donors (Lipinski definition) is 1. The molecule has 1 amide bonds. The number of benzene rings is 1. The van der Waals surface area contributed by atoms with Crippen LogP contribution in [0.4, 0.5) is 5.13 Å². The number of rotatable bonds is 6. The number of thiophene rings is 1. The Bertz CT molecular complexity index is 1340. The SMILES string of the molecule is CCOc1ccc2nc(NC(=O)CCn3cnc4sc5c(c4c3=O)CCCC5)sc2c1. The van der Waals surface area contributed by atoms with Crippen LogP contribution >= 0.6 is 22.7 Å². The van der Waals surface area contributed by atoms with Gasteiger partial charge in [-0.15, -0.1) is 11.3 Å². The molecule has 1 aliphatic carbocycles. The number of aromatic nitrogens is 3. The number of aryl methyl sites for hydroxylation is 3. The zero-order valence-electron chi connectivity index (χ0n) is 17.1. The second-order valence-electron chi connectivity index (χ2n) is 7.51. The van der Waals surface area contributed by atoms with Crippen molar-refractivity contribution in [2.75, 3.05) is 11.9 Å². The van der Waals surface area contributed by atoms with Crippen molar-refractivity contribution in [2.24, 2.45) is 0 Å². The van der Waals surface area contributed by atoms with E-state index in [-0.39, 0.29) is 24.4 Å². The number of carbonyl (C=O) groups excluding carboxylic acids is 1. The number of amides is 1. The van der Waals surface area contributed by atoms with E-state index in [1.54, 1.807) is 22.2 Å². The number of hydrogen-bond acceptors (Lipinski definition) is 7. The molecule has 0 unspecified atom stereocenters. The minimum absolute atomic E-state index is 0.0411. The summed E-state index contributed by atoms with van der Waals surface area (Å²) in [5.74, 6) is 0.609. The molecule has 0 atom stereocenters. The third-order valence-corrected chi connectivity index (χ3v) is 7.57. The number of carbonyl (C=O) groups is 1. The average Bonchev–Trinajstić information content (AvgIpc) is 3.34. The van der Waals surface area contributed by atoms with Gasteiger partial charge in [0, 0.05) is 17.8 Å². The predicted octanol–water partition coefficient (Wildman–Crippen LogP) is 4.37. The molecular formula is C22H22N4O3S2. The molecule has 1 aromatic carbocycles. The second kappa shape index (κ2) is 8.39. The molecule has 3 heterocycles. The van der Waals surface area contributed by atoms with E-state index in [1.165, 1.54) is 28.2 Å². The molecule has 4 aromatic rings. The lowest BCUT2D eigenvalue weighted by Crippen LogP contribution is -2.24. The summed E-state index contributed by atoms with van der Waals surface area (Å²) in [4.78, 5) is 36.6. The summed E-state index contributed by atoms with van der Waals surface area (Å²) in [5.41, 5.74) is 1.95. The van der Waals surface area contributed by atoms with Gasteiger partial charge in [-0.05, 0) is 56.4 Å². The Morgan fingerprint density at radius 1 is 1.26 bits per heavy atom. The highest BCUT2D eigenvalue weighted by Gasteiger charge is 2.20. The first-order valence-corrected chi connectivity index (χ1v) is 12.1. The molecule has 0 saturated carbocycles. The maximum absolute atomic E-state index is 13.0. The number of ether oxygens (including phenoxy) is 1. The van der Waals surface area contributed by atoms with Crippen LogP contribution in [0.1, 0.15) is 36.6 Å². The van der Waals surface area contributed by atoms with E-state index < -0.39 is 0 Å². The summed E-state index contributed by atoms with van der Waals surface area (Å²) >= 11 is 3.04. The van der Waals surface area contributed by atoms with Gasteiger partial charge >= 0.3 is 0 Å². The van der Waals surface area contributed by atoms with Crippen molar-refractivity contribution in [3.05, 3.63) is 45.3 Å². The fourth-order valence-electron chi connectivity index (χ4n) is 3.96. The molecule has 9 heteroatoms. The van der Waals surface area contributed by atoms with E-state index in [0.717, 1.165) is 45.4 Å². The Hall–Kier alpha value is -2.78. The standard InChI is InChI=1S/C22H22N4O3S2/c1-2-29-13-7-8-15-17(11-13)31-22(24-15)25-18(27)9-10-26-12-23-20-19(21(26)28)14-5-3-4-6-16(14)30-20/h7-8,11-12H,2-6,9-10H2,1H3,(H,24,25,27). The topological polar surface area (TPSA) is 86.1 Å². The highest BCUT2D eigenvalue weighted by Crippen LogP contribution is 2.33. The van der Waals surface area contributed by atoms with Crippen molar-refractivity contribution >= 4 is 54.1 Å². The monoisotopic (exact) mass is 454 g/mol. The largest absolute Gasteiger partial charge is 0.494 e. The molecule has 1 N–H and O–H groups in total. The first-order valence-electron chi connectivity index (χ1n) is 10.5. The molecule has 0 aliphatic heterocycles. The quantitative estimate of drug-likeness (QED) is 0.467. The van der Waals surface area contributed by atoms with Gasteiger partial charge in [-0.1, -0.05) is 11.3 Å². The summed E-state index contributed by atoms with van der Waals surface area (Å²) in [6.45, 7) is 2.83. The number of nitrogens with one attached hydrogen (secondary N) is 1. The Labute approximate surface area is 186 Å². The van der Waals surface area contributed by atoms with Crippen molar-refractivity contribution in [1.82, 2.24) is 14.5 Å². The first kappa shape index (κ1) is 20.1. The van der Waals surface area contributed by atoms with Gasteiger partial charge in [-0.3, -0.25) is 14.2 Å². The maximum atomic E-state index is 13.0. The van der Waals surface area contributed by atoms with Crippen molar-refractivity contribution < 1.29 is 9.53 Å². The van der Waals surface area contributed by atoms with Gasteiger partial charge in [-0.2, -0.15) is 0 Å². The zero-order valence-corrected chi connectivity index (χ0v) is 18.8. The summed E-state index contributed by atoms with van der Waals surface area (Å²) in [7, 11) is 0. The lowest BCUT2D eigenvalue weighted by molar-refractivity contribution is -0.116. The molecule has 3 aromatic heterocycles. The van der Waals surface area contributed by atoms with Gasteiger partial charge in [0.15, 0.2) is 5.13 Å². The van der Waals surface area contributed by atoms with E-state index in [1.807, 2.05) is 25.1 Å². The first-order chi connectivity index (χ1) is 15.1. The van der Waals surface area contributed by atoms with Crippen molar-refractivity contribution in [1.29, 1.82) is 0 Å². The van der Waals surface area contributed by atoms with Gasteiger partial charge in [0.1, 0.15) is 10.6 Å². The number of nitrogens with zero attached hydrogens (tertiary/aromatic N) is 3. The molecule has 160 valence electrons. The van der Waals surface area contributed by atoms with Crippen LogP contribution in [0.5, 0.6) is 5.75 Å². The zero-order chi connectivity index (χ0) is 21.4. The van der Waals surface area contributed by atoms with E-state index >= 15 is 0 Å². The van der Waals surface area contributed by atoms with E-state index in [9.17, 15) is 9.59 Å². The molecule has 0 fully saturated rings. The van der Waals surface area contributed by atoms with Crippen molar-refractivity contribution in [2.45, 2.75) is 45.6 Å². The van der Waals surface area contributed by atoms with Crippen LogP contribution in [0.2, 0.25) is 0 Å². The van der Waals surface area contributed by atoms with Gasteiger partial charge < -0.3 is 10.1 Å². The molecule has 0 saturated heterocycles. The molecule has 31 heavy (non-hydrogen) atoms. The summed E-state index contributed by atoms with van der Waals surface area (Å²) in [6, 6.07) is 5.68. The smallest absolute Gasteiger partial charge is 0.262 e. The summed E-state index contributed by atoms with van der Waals surface area (Å²) in [6.07, 6.45) is 6.01. The Morgan fingerprint density at radius 3 is 3.00 bits per heavy atom. The van der Waals surface area contributed by atoms with Gasteiger partial charge in [0.05, 0.1) is 28.5 Å². The van der Waals surface area contributed by atoms with Crippen LogP contribution in [0.25, 0.3) is 20.4 Å². The van der Waals surface area contributed by atoms with Crippen LogP contribution in [0.15, 0.2) is 29.3 Å². The molecule has 5 rings (SSSR count). The van der Waals surface area contributed by atoms with Crippen LogP contribution < -0.4 is 15.6 Å². The molecule has 0 radical (unpaired) electrons. The number of thiazole rings is 1. The minimum Gasteiger partial charge on any atom is -0.494 e. The molecule has 7 nitrogen and oxygen atoms in total. The summed E-state index contributed by atoms with van der Waals surface area (Å²) < 4.78 is 8.02. The molecule has 0 bridgehead atoms.